The summed E-state index contributed by atoms with van der Waals surface area (Å²) in [6.07, 6.45) is 0. The Hall–Kier alpha value is -0.600. The predicted molar refractivity (Wildman–Crippen MR) is 78.0 cm³/mol. The highest BCUT2D eigenvalue weighted by atomic mass is 127. The van der Waals surface area contributed by atoms with Gasteiger partial charge in [0.1, 0.15) is 10.7 Å². The van der Waals surface area contributed by atoms with E-state index in [1.54, 1.807) is 18.2 Å². The molecule has 0 aliphatic carbocycles. The van der Waals surface area contributed by atoms with Crippen LogP contribution in [0.2, 0.25) is 10.0 Å². The highest BCUT2D eigenvalue weighted by molar-refractivity contribution is 14.1. The van der Waals surface area contributed by atoms with E-state index in [0.717, 1.165) is 3.57 Å². The fourth-order valence-corrected chi connectivity index (χ4v) is 2.47. The molecule has 0 aliphatic heterocycles. The number of rotatable bonds is 3. The number of hydrogen-bond donors (Lipinski definition) is 0. The average molecular weight is 419 g/mol. The lowest BCUT2D eigenvalue weighted by Crippen LogP contribution is -2.06. The molecule has 1 heterocycles. The molecular weight excluding hydrogens is 412 g/mol. The summed E-state index contributed by atoms with van der Waals surface area (Å²) in [5.74, 6) is -0.170. The molecule has 19 heavy (non-hydrogen) atoms. The number of hydrogen-bond acceptors (Lipinski definition) is 2. The van der Waals surface area contributed by atoms with Crippen LogP contribution in [0.3, 0.4) is 0 Å². The minimum atomic E-state index is -2.95. The maximum atomic E-state index is 12.3. The largest absolute Gasteiger partial charge is 0.416 e. The van der Waals surface area contributed by atoms with Crippen molar-refractivity contribution in [3.63, 3.8) is 0 Å². The van der Waals surface area contributed by atoms with Crippen molar-refractivity contribution in [1.29, 1.82) is 0 Å². The van der Waals surface area contributed by atoms with E-state index in [0.29, 0.717) is 16.3 Å². The maximum absolute atomic E-state index is 12.3. The van der Waals surface area contributed by atoms with Gasteiger partial charge in [-0.15, -0.1) is 0 Å². The molecular formula is C11H7Cl2F2IN2O. The summed E-state index contributed by atoms with van der Waals surface area (Å²) in [6.45, 7) is -2.95. The summed E-state index contributed by atoms with van der Waals surface area (Å²) < 4.78 is 30.9. The Morgan fingerprint density at radius 3 is 2.63 bits per heavy atom. The molecule has 0 N–H and O–H groups in total. The van der Waals surface area contributed by atoms with Crippen molar-refractivity contribution in [2.24, 2.45) is 7.05 Å². The molecule has 0 fully saturated rings. The molecule has 0 spiro atoms. The summed E-state index contributed by atoms with van der Waals surface area (Å²) in [7, 11) is 1.48. The van der Waals surface area contributed by atoms with Gasteiger partial charge < -0.3 is 4.74 Å². The normalized spacial score (nSPS) is 11.1. The summed E-state index contributed by atoms with van der Waals surface area (Å²) in [4.78, 5) is 0. The first-order valence-corrected chi connectivity index (χ1v) is 6.86. The van der Waals surface area contributed by atoms with Gasteiger partial charge in [-0.2, -0.15) is 13.9 Å². The molecule has 0 radical (unpaired) electrons. The van der Waals surface area contributed by atoms with Crippen molar-refractivity contribution in [2.45, 2.75) is 6.61 Å². The lowest BCUT2D eigenvalue weighted by atomic mass is 10.1. The molecule has 102 valence electrons. The minimum Gasteiger partial charge on any atom is -0.416 e. The van der Waals surface area contributed by atoms with E-state index in [4.69, 9.17) is 23.2 Å². The average Bonchev–Trinajstić information content (AvgIpc) is 2.60. The van der Waals surface area contributed by atoms with Crippen LogP contribution in [0.25, 0.3) is 11.3 Å². The summed E-state index contributed by atoms with van der Waals surface area (Å²) in [6, 6.07) is 5.17. The second-order valence-electron chi connectivity index (χ2n) is 3.60. The summed E-state index contributed by atoms with van der Waals surface area (Å²) >= 11 is 14.0. The third-order valence-electron chi connectivity index (χ3n) is 2.33. The number of halogens is 5. The summed E-state index contributed by atoms with van der Waals surface area (Å²) in [5, 5.41) is 4.72. The summed E-state index contributed by atoms with van der Waals surface area (Å²) in [5.41, 5.74) is 1.05. The topological polar surface area (TPSA) is 27.1 Å². The fourth-order valence-electron chi connectivity index (χ4n) is 1.52. The molecule has 2 aromatic rings. The van der Waals surface area contributed by atoms with E-state index >= 15 is 0 Å². The lowest BCUT2D eigenvalue weighted by Gasteiger charge is -2.03. The second-order valence-corrected chi connectivity index (χ2v) is 5.55. The van der Waals surface area contributed by atoms with Crippen molar-refractivity contribution < 1.29 is 13.5 Å². The van der Waals surface area contributed by atoms with Gasteiger partial charge in [0, 0.05) is 16.2 Å². The van der Waals surface area contributed by atoms with E-state index < -0.39 is 6.61 Å². The Kier molecular flexibility index (Phi) is 4.52. The van der Waals surface area contributed by atoms with Gasteiger partial charge in [-0.1, -0.05) is 29.3 Å². The van der Waals surface area contributed by atoms with Gasteiger partial charge in [-0.05, 0) is 34.7 Å². The molecule has 0 saturated heterocycles. The van der Waals surface area contributed by atoms with Crippen LogP contribution in [0.5, 0.6) is 5.88 Å². The first-order valence-electron chi connectivity index (χ1n) is 5.03. The molecule has 0 unspecified atom stereocenters. The number of aromatic nitrogens is 2. The van der Waals surface area contributed by atoms with Crippen LogP contribution in [0, 0.1) is 3.57 Å². The minimum absolute atomic E-state index is 0.0425. The zero-order valence-electron chi connectivity index (χ0n) is 9.50. The number of aryl methyl sites for hydroxylation is 1. The third-order valence-corrected chi connectivity index (χ3v) is 4.21. The standard InChI is InChI=1S/C11H7Cl2F2IN2O/c1-18-10(19-11(14)15)8(13)9(17-18)5-2-3-6(12)7(16)4-5/h2-4,11H,1H3. The SMILES string of the molecule is Cn1nc(-c2ccc(Cl)c(I)c2)c(Cl)c1OC(F)F. The first-order chi connectivity index (χ1) is 8.90. The van der Waals surface area contributed by atoms with E-state index in [2.05, 4.69) is 32.4 Å². The quantitative estimate of drug-likeness (QED) is 0.681. The van der Waals surface area contributed by atoms with E-state index in [-0.39, 0.29) is 10.9 Å². The third kappa shape index (κ3) is 3.11. The molecule has 0 atom stereocenters. The molecule has 0 saturated carbocycles. The maximum Gasteiger partial charge on any atom is 0.388 e. The van der Waals surface area contributed by atoms with E-state index in [9.17, 15) is 8.78 Å². The first kappa shape index (κ1) is 14.8. The van der Waals surface area contributed by atoms with Gasteiger partial charge in [0.05, 0.1) is 5.02 Å². The Bertz CT molecular complexity index is 619. The number of benzene rings is 1. The molecule has 3 nitrogen and oxygen atoms in total. The molecule has 0 aliphatic rings. The van der Waals surface area contributed by atoms with Crippen LogP contribution in [0.4, 0.5) is 8.78 Å². The predicted octanol–water partition coefficient (Wildman–Crippen LogP) is 4.60. The molecule has 0 amide bonds. The monoisotopic (exact) mass is 418 g/mol. The zero-order chi connectivity index (χ0) is 14.2. The number of ether oxygens (including phenoxy) is 1. The van der Waals surface area contributed by atoms with Crippen molar-refractivity contribution >= 4 is 45.8 Å². The zero-order valence-corrected chi connectivity index (χ0v) is 13.2. The van der Waals surface area contributed by atoms with Crippen molar-refractivity contribution in [3.05, 3.63) is 31.8 Å². The van der Waals surface area contributed by atoms with Crippen LogP contribution >= 0.6 is 45.8 Å². The molecule has 0 bridgehead atoms. The molecule has 2 rings (SSSR count). The van der Waals surface area contributed by atoms with Gasteiger partial charge in [0.15, 0.2) is 0 Å². The lowest BCUT2D eigenvalue weighted by molar-refractivity contribution is -0.0552. The smallest absolute Gasteiger partial charge is 0.388 e. The molecule has 1 aromatic heterocycles. The molecule has 1 aromatic carbocycles. The highest BCUT2D eigenvalue weighted by Crippen LogP contribution is 2.36. The van der Waals surface area contributed by atoms with Gasteiger partial charge in [-0.25, -0.2) is 4.68 Å². The van der Waals surface area contributed by atoms with Crippen LogP contribution in [0.1, 0.15) is 0 Å². The Labute approximate surface area is 131 Å². The van der Waals surface area contributed by atoms with Crippen molar-refractivity contribution in [1.82, 2.24) is 9.78 Å². The van der Waals surface area contributed by atoms with Crippen LogP contribution in [0.15, 0.2) is 18.2 Å². The number of nitrogens with zero attached hydrogens (tertiary/aromatic N) is 2. The Morgan fingerprint density at radius 2 is 2.05 bits per heavy atom. The van der Waals surface area contributed by atoms with Crippen molar-refractivity contribution in [2.75, 3.05) is 0 Å². The van der Waals surface area contributed by atoms with Gasteiger partial charge >= 0.3 is 6.61 Å². The van der Waals surface area contributed by atoms with Gasteiger partial charge in [0.25, 0.3) is 0 Å². The highest BCUT2D eigenvalue weighted by Gasteiger charge is 2.20. The van der Waals surface area contributed by atoms with Crippen LogP contribution in [-0.2, 0) is 7.05 Å². The molecule has 8 heteroatoms. The number of alkyl halides is 2. The van der Waals surface area contributed by atoms with Crippen LogP contribution in [-0.4, -0.2) is 16.4 Å². The van der Waals surface area contributed by atoms with E-state index in [1.807, 2.05) is 0 Å². The van der Waals surface area contributed by atoms with Crippen molar-refractivity contribution in [3.8, 4) is 17.1 Å². The Balaban J connectivity index is 2.48. The second kappa shape index (κ2) is 5.80. The Morgan fingerprint density at radius 1 is 1.37 bits per heavy atom. The van der Waals surface area contributed by atoms with Gasteiger partial charge in [0.2, 0.25) is 5.88 Å². The van der Waals surface area contributed by atoms with Crippen LogP contribution < -0.4 is 4.74 Å². The fraction of sp³-hybridized carbons (Fsp3) is 0.182. The van der Waals surface area contributed by atoms with E-state index in [1.165, 1.54) is 11.7 Å². The van der Waals surface area contributed by atoms with Gasteiger partial charge in [-0.3, -0.25) is 0 Å².